The summed E-state index contributed by atoms with van der Waals surface area (Å²) >= 11 is 0. The Balaban J connectivity index is 2.39. The summed E-state index contributed by atoms with van der Waals surface area (Å²) in [6.07, 6.45) is -0.516. The van der Waals surface area contributed by atoms with Crippen LogP contribution in [0.4, 0.5) is 0 Å². The Morgan fingerprint density at radius 2 is 1.82 bits per heavy atom. The minimum atomic E-state index is -0.516. The first-order valence-corrected chi connectivity index (χ1v) is 5.77. The van der Waals surface area contributed by atoms with Crippen LogP contribution in [0, 0.1) is 13.8 Å². The van der Waals surface area contributed by atoms with Crippen LogP contribution in [0.2, 0.25) is 0 Å². The second kappa shape index (κ2) is 6.59. The second-order valence-electron chi connectivity index (χ2n) is 4.54. The maximum atomic E-state index is 9.68. The normalized spacial score (nSPS) is 12.8. The van der Waals surface area contributed by atoms with Gasteiger partial charge in [-0.15, -0.1) is 0 Å². The van der Waals surface area contributed by atoms with Crippen LogP contribution in [0.5, 0.6) is 5.75 Å². The van der Waals surface area contributed by atoms with E-state index < -0.39 is 6.10 Å². The Hall–Kier alpha value is -1.10. The third-order valence-electron chi connectivity index (χ3n) is 2.28. The molecule has 0 aliphatic carbocycles. The fourth-order valence-corrected chi connectivity index (χ4v) is 1.56. The molecule has 1 rings (SSSR count). The van der Waals surface area contributed by atoms with Crippen molar-refractivity contribution in [2.75, 3.05) is 27.2 Å². The summed E-state index contributed by atoms with van der Waals surface area (Å²) < 4.78 is 5.55. The number of ether oxygens (including phenoxy) is 1. The molecule has 0 bridgehead atoms. The van der Waals surface area contributed by atoms with E-state index in [1.54, 1.807) is 5.01 Å². The fraction of sp³-hybridized carbons (Fsp3) is 0.538. The number of benzene rings is 1. The predicted octanol–water partition coefficient (Wildman–Crippen LogP) is 1.11. The van der Waals surface area contributed by atoms with Crippen LogP contribution in [-0.4, -0.2) is 43.5 Å². The summed E-state index contributed by atoms with van der Waals surface area (Å²) in [5.74, 6) is 0.811. The lowest BCUT2D eigenvalue weighted by Gasteiger charge is -2.17. The van der Waals surface area contributed by atoms with Crippen molar-refractivity contribution in [1.29, 1.82) is 0 Å². The van der Waals surface area contributed by atoms with Crippen LogP contribution >= 0.6 is 0 Å². The van der Waals surface area contributed by atoms with Gasteiger partial charge in [0.1, 0.15) is 18.5 Å². The molecule has 0 saturated carbocycles. The van der Waals surface area contributed by atoms with E-state index in [1.807, 2.05) is 40.1 Å². The first-order valence-electron chi connectivity index (χ1n) is 5.77. The average Bonchev–Trinajstić information content (AvgIpc) is 2.22. The highest BCUT2D eigenvalue weighted by atomic mass is 16.5. The fourth-order valence-electron chi connectivity index (χ4n) is 1.56. The zero-order valence-corrected chi connectivity index (χ0v) is 11.0. The van der Waals surface area contributed by atoms with Crippen LogP contribution in [0.15, 0.2) is 18.2 Å². The smallest absolute Gasteiger partial charge is 0.119 e. The van der Waals surface area contributed by atoms with Gasteiger partial charge < -0.3 is 9.84 Å². The SMILES string of the molecule is Cc1cc(C)cc(OCC(O)CNN(C)C)c1. The molecule has 4 nitrogen and oxygen atoms in total. The third-order valence-corrected chi connectivity index (χ3v) is 2.28. The average molecular weight is 238 g/mol. The number of nitrogens with zero attached hydrogens (tertiary/aromatic N) is 1. The molecule has 0 aliphatic rings. The lowest BCUT2D eigenvalue weighted by molar-refractivity contribution is 0.0884. The van der Waals surface area contributed by atoms with E-state index in [9.17, 15) is 5.11 Å². The molecule has 4 heteroatoms. The molecule has 0 saturated heterocycles. The molecule has 0 heterocycles. The van der Waals surface area contributed by atoms with E-state index in [-0.39, 0.29) is 0 Å². The van der Waals surface area contributed by atoms with Gasteiger partial charge >= 0.3 is 0 Å². The number of nitrogens with one attached hydrogen (secondary N) is 1. The van der Waals surface area contributed by atoms with Crippen molar-refractivity contribution in [3.63, 3.8) is 0 Å². The largest absolute Gasteiger partial charge is 0.491 e. The lowest BCUT2D eigenvalue weighted by Crippen LogP contribution is -2.39. The third kappa shape index (κ3) is 5.68. The van der Waals surface area contributed by atoms with Gasteiger partial charge in [-0.3, -0.25) is 10.4 Å². The highest BCUT2D eigenvalue weighted by molar-refractivity contribution is 5.32. The molecular weight excluding hydrogens is 216 g/mol. The number of hydrogen-bond acceptors (Lipinski definition) is 4. The molecule has 1 aromatic carbocycles. The molecule has 1 atom stereocenters. The predicted molar refractivity (Wildman–Crippen MR) is 69.1 cm³/mol. The van der Waals surface area contributed by atoms with Crippen molar-refractivity contribution in [3.05, 3.63) is 29.3 Å². The van der Waals surface area contributed by atoms with Crippen molar-refractivity contribution in [3.8, 4) is 5.75 Å². The van der Waals surface area contributed by atoms with Gasteiger partial charge in [-0.1, -0.05) is 6.07 Å². The van der Waals surface area contributed by atoms with Crippen molar-refractivity contribution < 1.29 is 9.84 Å². The van der Waals surface area contributed by atoms with E-state index in [0.717, 1.165) is 5.75 Å². The van der Waals surface area contributed by atoms with Gasteiger partial charge in [0, 0.05) is 20.6 Å². The number of hydrogen-bond donors (Lipinski definition) is 2. The zero-order valence-electron chi connectivity index (χ0n) is 11.0. The molecule has 2 N–H and O–H groups in total. The summed E-state index contributed by atoms with van der Waals surface area (Å²) in [5, 5.41) is 11.5. The van der Waals surface area contributed by atoms with E-state index in [0.29, 0.717) is 13.2 Å². The van der Waals surface area contributed by atoms with Crippen molar-refractivity contribution in [1.82, 2.24) is 10.4 Å². The Labute approximate surface area is 103 Å². The van der Waals surface area contributed by atoms with Gasteiger partial charge in [0.05, 0.1) is 0 Å². The molecule has 0 aromatic heterocycles. The maximum Gasteiger partial charge on any atom is 0.119 e. The molecule has 1 aromatic rings. The second-order valence-corrected chi connectivity index (χ2v) is 4.54. The van der Waals surface area contributed by atoms with E-state index in [2.05, 4.69) is 11.5 Å². The molecule has 0 spiro atoms. The first-order chi connectivity index (χ1) is 7.97. The number of hydrazine groups is 1. The molecule has 0 fully saturated rings. The minimum absolute atomic E-state index is 0.295. The molecule has 0 amide bonds. The Morgan fingerprint density at radius 1 is 1.24 bits per heavy atom. The number of aryl methyl sites for hydroxylation is 2. The first kappa shape index (κ1) is 14.0. The van der Waals surface area contributed by atoms with Gasteiger partial charge in [-0.2, -0.15) is 0 Å². The van der Waals surface area contributed by atoms with Crippen LogP contribution in [-0.2, 0) is 0 Å². The van der Waals surface area contributed by atoms with E-state index >= 15 is 0 Å². The minimum Gasteiger partial charge on any atom is -0.491 e. The number of rotatable bonds is 6. The molecule has 1 unspecified atom stereocenters. The number of aliphatic hydroxyl groups excluding tert-OH is 1. The van der Waals surface area contributed by atoms with Gasteiger partial charge in [0.25, 0.3) is 0 Å². The molecule has 96 valence electrons. The quantitative estimate of drug-likeness (QED) is 0.729. The monoisotopic (exact) mass is 238 g/mol. The van der Waals surface area contributed by atoms with Crippen LogP contribution in [0.1, 0.15) is 11.1 Å². The van der Waals surface area contributed by atoms with Crippen molar-refractivity contribution in [2.24, 2.45) is 0 Å². The van der Waals surface area contributed by atoms with Crippen LogP contribution in [0.25, 0.3) is 0 Å². The Bertz CT molecular complexity index is 333. The topological polar surface area (TPSA) is 44.7 Å². The van der Waals surface area contributed by atoms with Gasteiger partial charge in [-0.05, 0) is 37.1 Å². The Kier molecular flexibility index (Phi) is 5.41. The Morgan fingerprint density at radius 3 is 2.35 bits per heavy atom. The molecular formula is C13H22N2O2. The molecule has 17 heavy (non-hydrogen) atoms. The standard InChI is InChI=1S/C13H22N2O2/c1-10-5-11(2)7-13(6-10)17-9-12(16)8-14-15(3)4/h5-7,12,14,16H,8-9H2,1-4H3. The van der Waals surface area contributed by atoms with Crippen LogP contribution in [0.3, 0.4) is 0 Å². The van der Waals surface area contributed by atoms with Gasteiger partial charge in [0.2, 0.25) is 0 Å². The summed E-state index contributed by atoms with van der Waals surface area (Å²) in [6.45, 7) is 4.84. The maximum absolute atomic E-state index is 9.68. The van der Waals surface area contributed by atoms with Crippen molar-refractivity contribution >= 4 is 0 Å². The van der Waals surface area contributed by atoms with Crippen LogP contribution < -0.4 is 10.2 Å². The molecule has 0 radical (unpaired) electrons. The summed E-state index contributed by atoms with van der Waals surface area (Å²) in [6, 6.07) is 6.04. The number of aliphatic hydroxyl groups is 1. The van der Waals surface area contributed by atoms with E-state index in [1.165, 1.54) is 11.1 Å². The highest BCUT2D eigenvalue weighted by Crippen LogP contribution is 2.16. The van der Waals surface area contributed by atoms with Crippen molar-refractivity contribution in [2.45, 2.75) is 20.0 Å². The zero-order chi connectivity index (χ0) is 12.8. The summed E-state index contributed by atoms with van der Waals surface area (Å²) in [5.41, 5.74) is 5.34. The van der Waals surface area contributed by atoms with Gasteiger partial charge in [0.15, 0.2) is 0 Å². The molecule has 0 aliphatic heterocycles. The lowest BCUT2D eigenvalue weighted by atomic mass is 10.1. The summed E-state index contributed by atoms with van der Waals surface area (Å²) in [7, 11) is 3.77. The summed E-state index contributed by atoms with van der Waals surface area (Å²) in [4.78, 5) is 0. The highest BCUT2D eigenvalue weighted by Gasteiger charge is 2.05. The van der Waals surface area contributed by atoms with E-state index in [4.69, 9.17) is 4.74 Å². The van der Waals surface area contributed by atoms with Gasteiger partial charge in [-0.25, -0.2) is 0 Å².